The Hall–Kier alpha value is -2.57. The lowest BCUT2D eigenvalue weighted by Gasteiger charge is -2.29. The maximum Gasteiger partial charge on any atom is 0.263 e. The van der Waals surface area contributed by atoms with Gasteiger partial charge in [-0.15, -0.1) is 0 Å². The van der Waals surface area contributed by atoms with Crippen LogP contribution in [0.15, 0.2) is 72.7 Å². The van der Waals surface area contributed by atoms with Gasteiger partial charge < -0.3 is 11.1 Å². The Morgan fingerprint density at radius 3 is 2.62 bits per heavy atom. The Balaban J connectivity index is 1.86. The minimum atomic E-state index is -2.53. The summed E-state index contributed by atoms with van der Waals surface area (Å²) in [6.07, 6.45) is -0.654. The second-order valence-electron chi connectivity index (χ2n) is 5.80. The Bertz CT molecular complexity index is 821. The van der Waals surface area contributed by atoms with Gasteiger partial charge in [0, 0.05) is 10.6 Å². The van der Waals surface area contributed by atoms with Crippen LogP contribution in [-0.4, -0.2) is 11.7 Å². The highest BCUT2D eigenvalue weighted by atomic mass is 35.5. The Morgan fingerprint density at radius 2 is 1.96 bits per heavy atom. The van der Waals surface area contributed by atoms with Crippen LogP contribution in [0.25, 0.3) is 0 Å². The summed E-state index contributed by atoms with van der Waals surface area (Å²) in [6.45, 7) is 4.68. The lowest BCUT2D eigenvalue weighted by atomic mass is 10.1. The first-order valence-electron chi connectivity index (χ1n) is 8.04. The van der Waals surface area contributed by atoms with Crippen molar-refractivity contribution in [3.8, 4) is 0 Å². The van der Waals surface area contributed by atoms with Gasteiger partial charge in [-0.2, -0.15) is 0 Å². The molecule has 7 heteroatoms. The predicted molar refractivity (Wildman–Crippen MR) is 100 cm³/mol. The summed E-state index contributed by atoms with van der Waals surface area (Å²) in [5.41, 5.74) is 8.65. The van der Waals surface area contributed by atoms with Crippen LogP contribution in [0.1, 0.15) is 17.6 Å². The van der Waals surface area contributed by atoms with Gasteiger partial charge in [0.15, 0.2) is 0 Å². The number of benzene rings is 2. The number of rotatable bonds is 8. The monoisotopic (exact) mass is 376 g/mol. The third-order valence-electron chi connectivity index (χ3n) is 3.97. The molecule has 0 bridgehead atoms. The van der Waals surface area contributed by atoms with Crippen molar-refractivity contribution in [1.82, 2.24) is 10.3 Å². The maximum atomic E-state index is 13.1. The van der Waals surface area contributed by atoms with Crippen LogP contribution in [0.4, 0.5) is 14.5 Å². The van der Waals surface area contributed by atoms with E-state index in [1.165, 1.54) is 12.1 Å². The Morgan fingerprint density at radius 1 is 1.23 bits per heavy atom. The zero-order valence-corrected chi connectivity index (χ0v) is 14.8. The molecule has 1 aliphatic heterocycles. The molecule has 1 heterocycles. The van der Waals surface area contributed by atoms with Crippen molar-refractivity contribution >= 4 is 17.3 Å². The SMILES string of the molecule is C=C(NCN)C1=CN1N(Cc1ccc(Cl)cc1)c1cccc(C(F)F)c1. The number of nitrogens with zero attached hydrogens (tertiary/aromatic N) is 2. The van der Waals surface area contributed by atoms with Crippen LogP contribution >= 0.6 is 11.6 Å². The molecule has 3 N–H and O–H groups in total. The number of hydrazine groups is 1. The second kappa shape index (κ2) is 7.76. The van der Waals surface area contributed by atoms with E-state index in [0.29, 0.717) is 23.0 Å². The fraction of sp³-hybridized carbons (Fsp3) is 0.158. The average Bonchev–Trinajstić information content (AvgIpc) is 3.42. The fourth-order valence-electron chi connectivity index (χ4n) is 2.59. The van der Waals surface area contributed by atoms with Crippen molar-refractivity contribution in [1.29, 1.82) is 0 Å². The lowest BCUT2D eigenvalue weighted by molar-refractivity contribution is 0.151. The van der Waals surface area contributed by atoms with Gasteiger partial charge in [0.05, 0.1) is 30.8 Å². The van der Waals surface area contributed by atoms with Crippen molar-refractivity contribution in [2.75, 3.05) is 11.7 Å². The molecular weight excluding hydrogens is 358 g/mol. The molecule has 136 valence electrons. The zero-order chi connectivity index (χ0) is 18.7. The standard InChI is InChI=1S/C19H19ClF2N4/c1-13(24-12-23)18-11-26(18)25(10-14-5-7-16(20)8-6-14)17-4-2-3-15(9-17)19(21)22/h2-9,11,19,24H,1,10,12,23H2. The van der Waals surface area contributed by atoms with Gasteiger partial charge in [-0.3, -0.25) is 10.0 Å². The minimum absolute atomic E-state index is 0.0223. The van der Waals surface area contributed by atoms with Crippen molar-refractivity contribution in [3.05, 3.63) is 88.9 Å². The minimum Gasteiger partial charge on any atom is -0.371 e. The number of hydrogen-bond acceptors (Lipinski definition) is 4. The first-order valence-corrected chi connectivity index (χ1v) is 8.41. The van der Waals surface area contributed by atoms with Crippen molar-refractivity contribution in [2.24, 2.45) is 5.73 Å². The van der Waals surface area contributed by atoms with E-state index in [0.717, 1.165) is 11.3 Å². The Kier molecular flexibility index (Phi) is 5.44. The molecule has 2 aromatic carbocycles. The van der Waals surface area contributed by atoms with E-state index in [4.69, 9.17) is 17.3 Å². The molecule has 0 saturated carbocycles. The summed E-state index contributed by atoms with van der Waals surface area (Å²) in [5, 5.41) is 7.36. The van der Waals surface area contributed by atoms with E-state index in [1.807, 2.05) is 28.4 Å². The molecular formula is C19H19ClF2N4. The summed E-state index contributed by atoms with van der Waals surface area (Å²) in [4.78, 5) is 0. The van der Waals surface area contributed by atoms with E-state index in [2.05, 4.69) is 11.9 Å². The summed E-state index contributed by atoms with van der Waals surface area (Å²) in [5.74, 6) is 0. The molecule has 0 radical (unpaired) electrons. The first kappa shape index (κ1) is 18.2. The number of nitrogens with two attached hydrogens (primary N) is 1. The number of hydrogen-bond donors (Lipinski definition) is 2. The average molecular weight is 377 g/mol. The highest BCUT2D eigenvalue weighted by Gasteiger charge is 2.30. The fourth-order valence-corrected chi connectivity index (χ4v) is 2.72. The van der Waals surface area contributed by atoms with Gasteiger partial charge in [-0.25, -0.2) is 8.78 Å². The highest BCUT2D eigenvalue weighted by molar-refractivity contribution is 6.30. The highest BCUT2D eigenvalue weighted by Crippen LogP contribution is 2.35. The van der Waals surface area contributed by atoms with Gasteiger partial charge in [0.1, 0.15) is 5.70 Å². The molecule has 0 aromatic heterocycles. The van der Waals surface area contributed by atoms with Crippen molar-refractivity contribution in [2.45, 2.75) is 13.0 Å². The molecule has 3 rings (SSSR count). The zero-order valence-electron chi connectivity index (χ0n) is 14.0. The molecule has 4 nitrogen and oxygen atoms in total. The summed E-state index contributed by atoms with van der Waals surface area (Å²) < 4.78 is 26.2. The van der Waals surface area contributed by atoms with Crippen LogP contribution in [0, 0.1) is 0 Å². The summed E-state index contributed by atoms with van der Waals surface area (Å²) in [6, 6.07) is 13.7. The van der Waals surface area contributed by atoms with E-state index in [1.54, 1.807) is 24.3 Å². The van der Waals surface area contributed by atoms with E-state index in [9.17, 15) is 8.78 Å². The third-order valence-corrected chi connectivity index (χ3v) is 4.23. The molecule has 26 heavy (non-hydrogen) atoms. The third kappa shape index (κ3) is 4.15. The maximum absolute atomic E-state index is 13.1. The number of anilines is 1. The number of halogens is 3. The van der Waals surface area contributed by atoms with Gasteiger partial charge in [0.2, 0.25) is 0 Å². The predicted octanol–water partition coefficient (Wildman–Crippen LogP) is 4.38. The molecule has 0 saturated heterocycles. The van der Waals surface area contributed by atoms with E-state index >= 15 is 0 Å². The number of nitrogens with one attached hydrogen (secondary N) is 1. The lowest BCUT2D eigenvalue weighted by Crippen LogP contribution is -2.32. The molecule has 2 aromatic rings. The Labute approximate surface area is 156 Å². The molecule has 0 spiro atoms. The topological polar surface area (TPSA) is 44.3 Å². The number of alkyl halides is 2. The molecule has 1 aliphatic rings. The van der Waals surface area contributed by atoms with Crippen LogP contribution in [0.5, 0.6) is 0 Å². The van der Waals surface area contributed by atoms with Gasteiger partial charge >= 0.3 is 0 Å². The van der Waals surface area contributed by atoms with Crippen LogP contribution < -0.4 is 16.1 Å². The largest absolute Gasteiger partial charge is 0.371 e. The second-order valence-corrected chi connectivity index (χ2v) is 6.23. The summed E-state index contributed by atoms with van der Waals surface area (Å²) >= 11 is 5.95. The molecule has 0 unspecified atom stereocenters. The van der Waals surface area contributed by atoms with Crippen LogP contribution in [0.3, 0.4) is 0 Å². The molecule has 0 atom stereocenters. The van der Waals surface area contributed by atoms with E-state index < -0.39 is 6.43 Å². The van der Waals surface area contributed by atoms with Crippen LogP contribution in [-0.2, 0) is 6.54 Å². The normalized spacial score (nSPS) is 12.8. The van der Waals surface area contributed by atoms with Crippen LogP contribution in [0.2, 0.25) is 5.02 Å². The van der Waals surface area contributed by atoms with Crippen molar-refractivity contribution in [3.63, 3.8) is 0 Å². The first-order chi connectivity index (χ1) is 12.5. The van der Waals surface area contributed by atoms with Gasteiger partial charge in [-0.1, -0.05) is 42.4 Å². The summed E-state index contributed by atoms with van der Waals surface area (Å²) in [7, 11) is 0. The smallest absolute Gasteiger partial charge is 0.263 e. The van der Waals surface area contributed by atoms with Crippen molar-refractivity contribution < 1.29 is 8.78 Å². The van der Waals surface area contributed by atoms with Gasteiger partial charge in [-0.05, 0) is 29.8 Å². The quantitative estimate of drug-likeness (QED) is 0.671. The van der Waals surface area contributed by atoms with E-state index in [-0.39, 0.29) is 12.2 Å². The molecule has 0 aliphatic carbocycles. The molecule has 0 amide bonds. The molecule has 0 fully saturated rings. The van der Waals surface area contributed by atoms with Gasteiger partial charge in [0.25, 0.3) is 6.43 Å².